The third kappa shape index (κ3) is 2.34. The molecule has 0 spiro atoms. The second-order valence-corrected chi connectivity index (χ2v) is 5.84. The Kier molecular flexibility index (Phi) is 2.93. The molecule has 0 atom stereocenters. The summed E-state index contributed by atoms with van der Waals surface area (Å²) >= 11 is 0. The number of hydrogen-bond donors (Lipinski definition) is 1. The van der Waals surface area contributed by atoms with E-state index in [1.54, 1.807) is 36.4 Å². The van der Waals surface area contributed by atoms with Crippen LogP contribution in [0.1, 0.15) is 5.56 Å². The molecule has 90 valence electrons. The van der Waals surface area contributed by atoms with E-state index in [1.807, 2.05) is 6.92 Å². The van der Waals surface area contributed by atoms with Crippen LogP contribution in [0.3, 0.4) is 0 Å². The van der Waals surface area contributed by atoms with Crippen LogP contribution in [0.25, 0.3) is 0 Å². The van der Waals surface area contributed by atoms with E-state index in [0.29, 0.717) is 5.70 Å². The van der Waals surface area contributed by atoms with Gasteiger partial charge in [-0.1, -0.05) is 17.7 Å². The molecule has 0 saturated carbocycles. The summed E-state index contributed by atoms with van der Waals surface area (Å²) in [5.74, 6) is 0. The summed E-state index contributed by atoms with van der Waals surface area (Å²) < 4.78 is 25.7. The molecule has 2 rings (SSSR count). The Morgan fingerprint density at radius 1 is 1.24 bits per heavy atom. The molecule has 5 heteroatoms. The van der Waals surface area contributed by atoms with Gasteiger partial charge in [0.05, 0.1) is 11.4 Å². The van der Waals surface area contributed by atoms with Crippen LogP contribution in [0.15, 0.2) is 53.2 Å². The van der Waals surface area contributed by atoms with Gasteiger partial charge in [-0.05, 0) is 31.2 Å². The first-order valence-electron chi connectivity index (χ1n) is 5.21. The fraction of sp³-hybridized carbons (Fsp3) is 0.167. The van der Waals surface area contributed by atoms with E-state index in [4.69, 9.17) is 5.73 Å². The van der Waals surface area contributed by atoms with E-state index in [1.165, 1.54) is 10.5 Å². The van der Waals surface area contributed by atoms with Crippen molar-refractivity contribution in [2.45, 2.75) is 11.8 Å². The van der Waals surface area contributed by atoms with Crippen molar-refractivity contribution >= 4 is 10.0 Å². The van der Waals surface area contributed by atoms with Gasteiger partial charge in [0.1, 0.15) is 0 Å². The summed E-state index contributed by atoms with van der Waals surface area (Å²) in [7, 11) is -3.49. The lowest BCUT2D eigenvalue weighted by Crippen LogP contribution is -2.31. The Morgan fingerprint density at radius 2 is 1.88 bits per heavy atom. The van der Waals surface area contributed by atoms with Crippen LogP contribution < -0.4 is 5.73 Å². The minimum Gasteiger partial charge on any atom is -0.401 e. The van der Waals surface area contributed by atoms with Crippen molar-refractivity contribution in [3.8, 4) is 0 Å². The topological polar surface area (TPSA) is 63.4 Å². The number of aryl methyl sites for hydroxylation is 1. The highest BCUT2D eigenvalue weighted by molar-refractivity contribution is 7.89. The Hall–Kier alpha value is -1.75. The maximum absolute atomic E-state index is 12.2. The summed E-state index contributed by atoms with van der Waals surface area (Å²) in [6, 6.07) is 6.76. The number of sulfonamides is 1. The van der Waals surface area contributed by atoms with Gasteiger partial charge < -0.3 is 5.73 Å². The van der Waals surface area contributed by atoms with Crippen LogP contribution in [0, 0.1) is 6.92 Å². The van der Waals surface area contributed by atoms with E-state index in [9.17, 15) is 8.42 Å². The Bertz CT molecular complexity index is 571. The smallest absolute Gasteiger partial charge is 0.264 e. The van der Waals surface area contributed by atoms with Crippen LogP contribution in [0.4, 0.5) is 0 Å². The fourth-order valence-corrected chi connectivity index (χ4v) is 2.86. The Balaban J connectivity index is 2.34. The third-order valence-electron chi connectivity index (χ3n) is 2.53. The van der Waals surface area contributed by atoms with Crippen LogP contribution in [0.2, 0.25) is 0 Å². The van der Waals surface area contributed by atoms with Crippen LogP contribution in [-0.4, -0.2) is 19.3 Å². The number of hydrogen-bond acceptors (Lipinski definition) is 3. The lowest BCUT2D eigenvalue weighted by molar-refractivity contribution is 0.513. The van der Waals surface area contributed by atoms with Gasteiger partial charge >= 0.3 is 0 Å². The van der Waals surface area contributed by atoms with Crippen molar-refractivity contribution in [1.29, 1.82) is 0 Å². The average Bonchev–Trinajstić information content (AvgIpc) is 2.29. The Labute approximate surface area is 101 Å². The van der Waals surface area contributed by atoms with E-state index in [-0.39, 0.29) is 11.4 Å². The number of benzene rings is 1. The SMILES string of the molecule is Cc1ccc(S(=O)(=O)N2C=CC=C(N)C2)cc1. The first-order chi connectivity index (χ1) is 8.00. The third-order valence-corrected chi connectivity index (χ3v) is 4.26. The highest BCUT2D eigenvalue weighted by atomic mass is 32.2. The van der Waals surface area contributed by atoms with Crippen LogP contribution in [-0.2, 0) is 10.0 Å². The molecule has 0 fully saturated rings. The van der Waals surface area contributed by atoms with Gasteiger partial charge in [0.25, 0.3) is 10.0 Å². The lowest BCUT2D eigenvalue weighted by atomic mass is 10.2. The van der Waals surface area contributed by atoms with Crippen molar-refractivity contribution in [3.63, 3.8) is 0 Å². The molecule has 1 heterocycles. The zero-order valence-corrected chi connectivity index (χ0v) is 10.3. The summed E-state index contributed by atoms with van der Waals surface area (Å²) in [6.07, 6.45) is 4.84. The molecular formula is C12H14N2O2S. The maximum Gasteiger partial charge on any atom is 0.264 e. The van der Waals surface area contributed by atoms with Crippen molar-refractivity contribution in [2.24, 2.45) is 5.73 Å². The Morgan fingerprint density at radius 3 is 2.47 bits per heavy atom. The van der Waals surface area contributed by atoms with Gasteiger partial charge in [-0.25, -0.2) is 8.42 Å². The molecule has 1 aromatic carbocycles. The standard InChI is InChI=1S/C12H14N2O2S/c1-10-4-6-12(7-5-10)17(15,16)14-8-2-3-11(13)9-14/h2-8H,9,13H2,1H3. The summed E-state index contributed by atoms with van der Waals surface area (Å²) in [5.41, 5.74) is 7.18. The minimum absolute atomic E-state index is 0.201. The molecule has 1 aliphatic rings. The van der Waals surface area contributed by atoms with E-state index >= 15 is 0 Å². The lowest BCUT2D eigenvalue weighted by Gasteiger charge is -2.22. The van der Waals surface area contributed by atoms with Crippen LogP contribution >= 0.6 is 0 Å². The van der Waals surface area contributed by atoms with Crippen LogP contribution in [0.5, 0.6) is 0 Å². The second-order valence-electron chi connectivity index (χ2n) is 3.95. The number of nitrogens with zero attached hydrogens (tertiary/aromatic N) is 1. The van der Waals surface area contributed by atoms with Crippen molar-refractivity contribution in [3.05, 3.63) is 53.9 Å². The normalized spacial score (nSPS) is 15.8. The predicted octanol–water partition coefficient (Wildman–Crippen LogP) is 1.36. The van der Waals surface area contributed by atoms with Crippen molar-refractivity contribution in [1.82, 2.24) is 4.31 Å². The van der Waals surface area contributed by atoms with Gasteiger partial charge in [0, 0.05) is 11.9 Å². The average molecular weight is 250 g/mol. The fourth-order valence-electron chi connectivity index (χ4n) is 1.56. The monoisotopic (exact) mass is 250 g/mol. The van der Waals surface area contributed by atoms with Gasteiger partial charge in [-0.2, -0.15) is 0 Å². The first kappa shape index (κ1) is 11.7. The summed E-state index contributed by atoms with van der Waals surface area (Å²) in [6.45, 7) is 2.12. The highest BCUT2D eigenvalue weighted by Crippen LogP contribution is 2.18. The predicted molar refractivity (Wildman–Crippen MR) is 66.5 cm³/mol. The van der Waals surface area contributed by atoms with Gasteiger partial charge in [0.2, 0.25) is 0 Å². The molecule has 0 aliphatic carbocycles. The first-order valence-corrected chi connectivity index (χ1v) is 6.65. The van der Waals surface area contributed by atoms with Gasteiger partial charge in [-0.15, -0.1) is 0 Å². The molecule has 0 bridgehead atoms. The van der Waals surface area contributed by atoms with E-state index in [0.717, 1.165) is 5.56 Å². The zero-order chi connectivity index (χ0) is 12.5. The minimum atomic E-state index is -3.49. The number of nitrogens with two attached hydrogens (primary N) is 1. The molecule has 0 saturated heterocycles. The summed E-state index contributed by atoms with van der Waals surface area (Å²) in [4.78, 5) is 0.280. The molecule has 1 aromatic rings. The molecule has 0 unspecified atom stereocenters. The number of allylic oxidation sites excluding steroid dienone is 2. The largest absolute Gasteiger partial charge is 0.401 e. The van der Waals surface area contributed by atoms with E-state index < -0.39 is 10.0 Å². The van der Waals surface area contributed by atoms with Crippen molar-refractivity contribution < 1.29 is 8.42 Å². The van der Waals surface area contributed by atoms with Gasteiger partial charge in [-0.3, -0.25) is 4.31 Å². The number of rotatable bonds is 2. The molecule has 1 aliphatic heterocycles. The molecule has 2 N–H and O–H groups in total. The molecule has 0 radical (unpaired) electrons. The second kappa shape index (κ2) is 4.25. The quantitative estimate of drug-likeness (QED) is 0.862. The summed E-state index contributed by atoms with van der Waals surface area (Å²) in [5, 5.41) is 0. The molecule has 0 amide bonds. The molecule has 17 heavy (non-hydrogen) atoms. The maximum atomic E-state index is 12.2. The molecule has 4 nitrogen and oxygen atoms in total. The van der Waals surface area contributed by atoms with Crippen molar-refractivity contribution in [2.75, 3.05) is 6.54 Å². The molecule has 0 aromatic heterocycles. The van der Waals surface area contributed by atoms with Gasteiger partial charge in [0.15, 0.2) is 0 Å². The van der Waals surface area contributed by atoms with E-state index in [2.05, 4.69) is 0 Å². The molecular weight excluding hydrogens is 236 g/mol. The highest BCUT2D eigenvalue weighted by Gasteiger charge is 2.22. The zero-order valence-electron chi connectivity index (χ0n) is 9.50.